The third-order valence-corrected chi connectivity index (χ3v) is 6.58. The van der Waals surface area contributed by atoms with Crippen molar-refractivity contribution in [2.45, 2.75) is 30.2 Å². The molecule has 2 N–H and O–H groups in total. The van der Waals surface area contributed by atoms with Crippen LogP contribution in [0.1, 0.15) is 17.5 Å². The van der Waals surface area contributed by atoms with E-state index in [-0.39, 0.29) is 11.3 Å². The summed E-state index contributed by atoms with van der Waals surface area (Å²) in [5, 5.41) is 9.24. The predicted octanol–water partition coefficient (Wildman–Crippen LogP) is 1.33. The highest BCUT2D eigenvalue weighted by Crippen LogP contribution is 2.29. The summed E-state index contributed by atoms with van der Waals surface area (Å²) < 4.78 is 33.7. The lowest BCUT2D eigenvalue weighted by molar-refractivity contribution is -0.136. The number of amides is 1. The second-order valence-electron chi connectivity index (χ2n) is 7.03. The average molecular weight is 416 g/mol. The summed E-state index contributed by atoms with van der Waals surface area (Å²) >= 11 is 0. The normalized spacial score (nSPS) is 18.6. The van der Waals surface area contributed by atoms with Crippen LogP contribution in [0, 0.1) is 0 Å². The number of benzene rings is 2. The predicted molar refractivity (Wildman–Crippen MR) is 105 cm³/mol. The van der Waals surface area contributed by atoms with Gasteiger partial charge in [-0.05, 0) is 48.2 Å². The van der Waals surface area contributed by atoms with Crippen LogP contribution in [-0.2, 0) is 32.5 Å². The molecular formula is C20H20N2O6S. The maximum Gasteiger partial charge on any atom is 0.323 e. The summed E-state index contributed by atoms with van der Waals surface area (Å²) in [6.45, 7) is -0.0277. The first-order chi connectivity index (χ1) is 13.8. The van der Waals surface area contributed by atoms with Gasteiger partial charge in [-0.3, -0.25) is 14.5 Å². The van der Waals surface area contributed by atoms with E-state index in [0.29, 0.717) is 30.9 Å². The van der Waals surface area contributed by atoms with Gasteiger partial charge in [-0.25, -0.2) is 8.42 Å². The van der Waals surface area contributed by atoms with E-state index in [1.54, 1.807) is 30.3 Å². The molecule has 2 aromatic carbocycles. The fourth-order valence-electron chi connectivity index (χ4n) is 3.71. The zero-order valence-corrected chi connectivity index (χ0v) is 16.3. The second-order valence-corrected chi connectivity index (χ2v) is 8.74. The first kappa shape index (κ1) is 19.4. The Morgan fingerprint density at radius 3 is 2.76 bits per heavy atom. The smallest absolute Gasteiger partial charge is 0.323 e. The first-order valence-electron chi connectivity index (χ1n) is 9.24. The van der Waals surface area contributed by atoms with E-state index in [1.807, 2.05) is 6.07 Å². The molecule has 0 fully saturated rings. The van der Waals surface area contributed by atoms with Crippen LogP contribution in [0.25, 0.3) is 0 Å². The molecule has 1 amide bonds. The van der Waals surface area contributed by atoms with Crippen LogP contribution in [0.4, 0.5) is 5.69 Å². The number of carboxylic acid groups (broad SMARTS) is 1. The molecule has 2 aliphatic rings. The van der Waals surface area contributed by atoms with Gasteiger partial charge in [-0.15, -0.1) is 0 Å². The van der Waals surface area contributed by atoms with Crippen molar-refractivity contribution in [3.05, 3.63) is 53.6 Å². The number of hydrogen-bond donors (Lipinski definition) is 2. The zero-order valence-electron chi connectivity index (χ0n) is 15.5. The van der Waals surface area contributed by atoms with Crippen molar-refractivity contribution in [2.75, 3.05) is 18.1 Å². The molecule has 2 aromatic rings. The van der Waals surface area contributed by atoms with Crippen molar-refractivity contribution in [2.24, 2.45) is 0 Å². The number of anilines is 1. The van der Waals surface area contributed by atoms with Gasteiger partial charge in [0.1, 0.15) is 18.3 Å². The third kappa shape index (κ3) is 3.83. The SMILES string of the molecule is O=C(O)CN1C(=O)[C@@H](NS(=O)(=O)c2ccc3c(c2)CCO3)CCc2ccccc21. The van der Waals surface area contributed by atoms with E-state index in [2.05, 4.69) is 4.72 Å². The van der Waals surface area contributed by atoms with Crippen molar-refractivity contribution in [3.8, 4) is 5.75 Å². The Hall–Kier alpha value is -2.91. The van der Waals surface area contributed by atoms with Crippen molar-refractivity contribution >= 4 is 27.6 Å². The van der Waals surface area contributed by atoms with Crippen LogP contribution < -0.4 is 14.4 Å². The topological polar surface area (TPSA) is 113 Å². The minimum absolute atomic E-state index is 0.0566. The Morgan fingerprint density at radius 1 is 1.17 bits per heavy atom. The van der Waals surface area contributed by atoms with E-state index in [1.165, 1.54) is 6.07 Å². The van der Waals surface area contributed by atoms with Crippen LogP contribution in [0.15, 0.2) is 47.4 Å². The number of sulfonamides is 1. The molecule has 0 unspecified atom stereocenters. The Kier molecular flexibility index (Phi) is 5.01. The molecule has 2 aliphatic heterocycles. The average Bonchev–Trinajstić information content (AvgIpc) is 3.12. The number of para-hydroxylation sites is 1. The van der Waals surface area contributed by atoms with E-state index < -0.39 is 34.5 Å². The largest absolute Gasteiger partial charge is 0.493 e. The molecule has 29 heavy (non-hydrogen) atoms. The number of hydrogen-bond acceptors (Lipinski definition) is 5. The molecule has 0 aliphatic carbocycles. The van der Waals surface area contributed by atoms with Gasteiger partial charge in [0, 0.05) is 12.1 Å². The van der Waals surface area contributed by atoms with Crippen molar-refractivity contribution in [3.63, 3.8) is 0 Å². The van der Waals surface area contributed by atoms with Gasteiger partial charge in [-0.2, -0.15) is 4.72 Å². The number of carbonyl (C=O) groups excluding carboxylic acids is 1. The highest BCUT2D eigenvalue weighted by Gasteiger charge is 2.34. The fraction of sp³-hybridized carbons (Fsp3) is 0.300. The van der Waals surface area contributed by atoms with E-state index >= 15 is 0 Å². The van der Waals surface area contributed by atoms with Gasteiger partial charge in [0.15, 0.2) is 0 Å². The number of aryl methyl sites for hydroxylation is 1. The number of nitrogens with one attached hydrogen (secondary N) is 1. The van der Waals surface area contributed by atoms with Crippen LogP contribution in [0.3, 0.4) is 0 Å². The standard InChI is InChI=1S/C20H20N2O6S/c23-19(24)12-22-17-4-2-1-3-13(17)5-7-16(20(22)25)21-29(26,27)15-6-8-18-14(11-15)9-10-28-18/h1-4,6,8,11,16,21H,5,7,9-10,12H2,(H,23,24)/t16-/m0/s1. The molecule has 152 valence electrons. The summed E-state index contributed by atoms with van der Waals surface area (Å²) in [6, 6.07) is 10.6. The van der Waals surface area contributed by atoms with E-state index in [4.69, 9.17) is 4.74 Å². The van der Waals surface area contributed by atoms with Gasteiger partial charge in [0.2, 0.25) is 15.9 Å². The van der Waals surface area contributed by atoms with Gasteiger partial charge < -0.3 is 9.84 Å². The van der Waals surface area contributed by atoms with Gasteiger partial charge in [-0.1, -0.05) is 18.2 Å². The molecule has 0 aromatic heterocycles. The monoisotopic (exact) mass is 416 g/mol. The summed E-state index contributed by atoms with van der Waals surface area (Å²) in [7, 11) is -3.97. The number of fused-ring (bicyclic) bond motifs is 2. The van der Waals surface area contributed by atoms with E-state index in [0.717, 1.165) is 16.0 Å². The molecular weight excluding hydrogens is 396 g/mol. The third-order valence-electron chi connectivity index (χ3n) is 5.11. The number of aliphatic carboxylic acids is 1. The van der Waals surface area contributed by atoms with Crippen LogP contribution in [0.2, 0.25) is 0 Å². The Balaban J connectivity index is 1.63. The van der Waals surface area contributed by atoms with Crippen LogP contribution >= 0.6 is 0 Å². The second kappa shape index (κ2) is 7.49. The molecule has 4 rings (SSSR count). The quantitative estimate of drug-likeness (QED) is 0.760. The van der Waals surface area contributed by atoms with Crippen LogP contribution in [0.5, 0.6) is 5.75 Å². The fourth-order valence-corrected chi connectivity index (χ4v) is 4.98. The van der Waals surface area contributed by atoms with Gasteiger partial charge in [0.25, 0.3) is 0 Å². The molecule has 0 spiro atoms. The van der Waals surface area contributed by atoms with Crippen molar-refractivity contribution in [1.29, 1.82) is 0 Å². The Labute approximate surface area is 168 Å². The highest BCUT2D eigenvalue weighted by atomic mass is 32.2. The number of carbonyl (C=O) groups is 2. The summed E-state index contributed by atoms with van der Waals surface area (Å²) in [5.74, 6) is -1.08. The van der Waals surface area contributed by atoms with Crippen LogP contribution in [-0.4, -0.2) is 44.6 Å². The minimum atomic E-state index is -3.97. The summed E-state index contributed by atoms with van der Waals surface area (Å²) in [4.78, 5) is 25.6. The lowest BCUT2D eigenvalue weighted by atomic mass is 10.1. The molecule has 1 atom stereocenters. The number of carboxylic acids is 1. The summed E-state index contributed by atoms with van der Waals surface area (Å²) in [5.41, 5.74) is 2.11. The Morgan fingerprint density at radius 2 is 1.97 bits per heavy atom. The number of rotatable bonds is 5. The lowest BCUT2D eigenvalue weighted by Crippen LogP contribution is -2.49. The molecule has 0 bridgehead atoms. The maximum atomic E-state index is 13.1. The first-order valence-corrected chi connectivity index (χ1v) is 10.7. The van der Waals surface area contributed by atoms with Crippen molar-refractivity contribution in [1.82, 2.24) is 4.72 Å². The molecule has 8 nitrogen and oxygen atoms in total. The van der Waals surface area contributed by atoms with Gasteiger partial charge in [0.05, 0.1) is 11.5 Å². The zero-order chi connectivity index (χ0) is 20.6. The molecule has 0 saturated carbocycles. The number of nitrogens with zero attached hydrogens (tertiary/aromatic N) is 1. The minimum Gasteiger partial charge on any atom is -0.493 e. The van der Waals surface area contributed by atoms with Crippen molar-refractivity contribution < 1.29 is 27.9 Å². The molecule has 0 radical (unpaired) electrons. The Bertz CT molecular complexity index is 1080. The highest BCUT2D eigenvalue weighted by molar-refractivity contribution is 7.89. The maximum absolute atomic E-state index is 13.1. The number of ether oxygens (including phenoxy) is 1. The molecule has 2 heterocycles. The van der Waals surface area contributed by atoms with E-state index in [9.17, 15) is 23.1 Å². The summed E-state index contributed by atoms with van der Waals surface area (Å²) in [6.07, 6.45) is 1.31. The molecule has 0 saturated heterocycles. The lowest BCUT2D eigenvalue weighted by Gasteiger charge is -2.24. The molecule has 9 heteroatoms. The van der Waals surface area contributed by atoms with Gasteiger partial charge >= 0.3 is 5.97 Å².